The van der Waals surface area contributed by atoms with Crippen molar-refractivity contribution in [1.82, 2.24) is 14.5 Å². The molecule has 2 N–H and O–H groups in total. The van der Waals surface area contributed by atoms with Gasteiger partial charge < -0.3 is 24.4 Å². The number of likely N-dealkylation sites (tertiary alicyclic amines) is 1. The van der Waals surface area contributed by atoms with Gasteiger partial charge in [-0.15, -0.1) is 0 Å². The Morgan fingerprint density at radius 2 is 1.65 bits per heavy atom. The number of benzene rings is 2. The summed E-state index contributed by atoms with van der Waals surface area (Å²) in [6.07, 6.45) is 2.49. The molecule has 0 radical (unpaired) electrons. The van der Waals surface area contributed by atoms with E-state index in [-0.39, 0.29) is 17.8 Å². The molecule has 2 aromatic carbocycles. The summed E-state index contributed by atoms with van der Waals surface area (Å²) in [5, 5.41) is 14.8. The number of halogens is 2. The number of nitrogens with zero attached hydrogens (tertiary/aromatic N) is 3. The van der Waals surface area contributed by atoms with Gasteiger partial charge in [-0.25, -0.2) is 23.4 Å². The summed E-state index contributed by atoms with van der Waals surface area (Å²) in [5.41, 5.74) is 4.16. The van der Waals surface area contributed by atoms with Crippen LogP contribution < -0.4 is 0 Å². The highest BCUT2D eigenvalue weighted by Gasteiger charge is 2.30. The van der Waals surface area contributed by atoms with Gasteiger partial charge in [0.1, 0.15) is 11.9 Å². The molecule has 1 unspecified atom stereocenters. The van der Waals surface area contributed by atoms with E-state index in [0.29, 0.717) is 0 Å². The number of fused-ring (bicyclic) bond motifs is 2. The van der Waals surface area contributed by atoms with Crippen molar-refractivity contribution in [2.45, 2.75) is 44.4 Å². The smallest absolute Gasteiger partial charge is 0.414 e. The van der Waals surface area contributed by atoms with Crippen LogP contribution in [0.25, 0.3) is 11.3 Å². The summed E-state index contributed by atoms with van der Waals surface area (Å²) in [5.74, 6) is -2.75. The lowest BCUT2D eigenvalue weighted by atomic mass is 10.00. The first-order valence-electron chi connectivity index (χ1n) is 12.1. The third-order valence-corrected chi connectivity index (χ3v) is 6.64. The van der Waals surface area contributed by atoms with Crippen molar-refractivity contribution in [3.05, 3.63) is 77.2 Å². The first-order chi connectivity index (χ1) is 17.7. The number of aryl methyl sites for hydroxylation is 2. The zero-order valence-electron chi connectivity index (χ0n) is 20.4. The quantitative estimate of drug-likeness (QED) is 0.498. The number of aromatic nitrogens is 2. The number of piperidine rings is 1. The monoisotopic (exact) mass is 513 g/mol. The third kappa shape index (κ3) is 6.39. The number of imidazole rings is 1. The molecule has 3 aromatic rings. The highest BCUT2D eigenvalue weighted by molar-refractivity contribution is 6.27. The van der Waals surface area contributed by atoms with Crippen molar-refractivity contribution in [3.8, 4) is 11.3 Å². The molecule has 0 spiro atoms. The minimum atomic E-state index is -2.46. The second-order valence-electron chi connectivity index (χ2n) is 9.18. The standard InChI is InChI=1S/C25H27F2N3O.C2H2O4/c1-29-13-11-20(12-14-29)31-23-21-5-3-2-4-17(21)10-15-30-16-22(28-25(23)30)18-6-8-19(9-7-18)24(26)27;3-1(4)2(5)6/h2-9,16,20,23-24H,10-15H2,1H3;(H,3,4)(H,5,6). The summed E-state index contributed by atoms with van der Waals surface area (Å²) >= 11 is 0. The van der Waals surface area contributed by atoms with Gasteiger partial charge >= 0.3 is 11.9 Å². The lowest BCUT2D eigenvalue weighted by Crippen LogP contribution is -2.35. The van der Waals surface area contributed by atoms with Gasteiger partial charge in [0.25, 0.3) is 6.43 Å². The molecule has 1 atom stereocenters. The number of hydrogen-bond donors (Lipinski definition) is 2. The van der Waals surface area contributed by atoms with Gasteiger partial charge in [-0.3, -0.25) is 0 Å². The van der Waals surface area contributed by atoms with Gasteiger partial charge in [0.15, 0.2) is 0 Å². The van der Waals surface area contributed by atoms with E-state index in [9.17, 15) is 8.78 Å². The Morgan fingerprint density at radius 1 is 1.00 bits per heavy atom. The van der Waals surface area contributed by atoms with Crippen molar-refractivity contribution < 1.29 is 33.3 Å². The van der Waals surface area contributed by atoms with Gasteiger partial charge in [0, 0.05) is 37.0 Å². The van der Waals surface area contributed by atoms with Gasteiger partial charge in [0.05, 0.1) is 11.8 Å². The third-order valence-electron chi connectivity index (χ3n) is 6.64. The molecule has 0 amide bonds. The summed E-state index contributed by atoms with van der Waals surface area (Å²) in [6, 6.07) is 14.9. The van der Waals surface area contributed by atoms with E-state index < -0.39 is 18.4 Å². The Labute approximate surface area is 213 Å². The average molecular weight is 514 g/mol. The molecule has 0 saturated carbocycles. The van der Waals surface area contributed by atoms with Crippen molar-refractivity contribution in [3.63, 3.8) is 0 Å². The van der Waals surface area contributed by atoms with E-state index in [0.717, 1.165) is 56.0 Å². The molecule has 1 fully saturated rings. The van der Waals surface area contributed by atoms with Crippen molar-refractivity contribution in [2.75, 3.05) is 20.1 Å². The van der Waals surface area contributed by atoms with Crippen LogP contribution >= 0.6 is 0 Å². The number of hydrogen-bond acceptors (Lipinski definition) is 5. The maximum absolute atomic E-state index is 12.9. The summed E-state index contributed by atoms with van der Waals surface area (Å²) in [6.45, 7) is 2.89. The van der Waals surface area contributed by atoms with Crippen LogP contribution in [0.5, 0.6) is 0 Å². The van der Waals surface area contributed by atoms with Gasteiger partial charge in [-0.1, -0.05) is 48.5 Å². The Bertz CT molecular complexity index is 1230. The molecule has 37 heavy (non-hydrogen) atoms. The number of carboxylic acid groups (broad SMARTS) is 2. The second kappa shape index (κ2) is 11.6. The number of ether oxygens (including phenoxy) is 1. The maximum atomic E-state index is 12.9. The lowest BCUT2D eigenvalue weighted by molar-refractivity contribution is -0.159. The fourth-order valence-electron chi connectivity index (χ4n) is 4.60. The van der Waals surface area contributed by atoms with Gasteiger partial charge in [0.2, 0.25) is 0 Å². The van der Waals surface area contributed by atoms with E-state index in [1.807, 2.05) is 6.20 Å². The molecule has 3 heterocycles. The number of carbonyl (C=O) groups is 2. The van der Waals surface area contributed by atoms with Crippen molar-refractivity contribution in [1.29, 1.82) is 0 Å². The van der Waals surface area contributed by atoms with Crippen LogP contribution in [0.4, 0.5) is 8.78 Å². The molecule has 2 aliphatic heterocycles. The SMILES string of the molecule is CN1CCC(OC2c3ccccc3CCn3cc(-c4ccc(C(F)F)cc4)nc32)CC1.O=C(O)C(=O)O. The fraction of sp³-hybridized carbons (Fsp3) is 0.370. The van der Waals surface area contributed by atoms with Crippen molar-refractivity contribution in [2.24, 2.45) is 0 Å². The highest BCUT2D eigenvalue weighted by Crippen LogP contribution is 2.36. The zero-order valence-corrected chi connectivity index (χ0v) is 20.4. The molecule has 2 aliphatic rings. The summed E-state index contributed by atoms with van der Waals surface area (Å²) in [4.78, 5) is 25.5. The van der Waals surface area contributed by atoms with Crippen LogP contribution in [-0.2, 0) is 27.3 Å². The van der Waals surface area contributed by atoms with E-state index in [1.54, 1.807) is 12.1 Å². The van der Waals surface area contributed by atoms with Crippen LogP contribution in [0.1, 0.15) is 47.9 Å². The van der Waals surface area contributed by atoms with Crippen molar-refractivity contribution >= 4 is 11.9 Å². The van der Waals surface area contributed by atoms with Crippen LogP contribution in [-0.4, -0.2) is 62.8 Å². The number of alkyl halides is 2. The number of aliphatic carboxylic acids is 2. The molecule has 196 valence electrons. The topological polar surface area (TPSA) is 105 Å². The zero-order chi connectivity index (χ0) is 26.5. The predicted molar refractivity (Wildman–Crippen MR) is 131 cm³/mol. The highest BCUT2D eigenvalue weighted by atomic mass is 19.3. The van der Waals surface area contributed by atoms with E-state index in [1.165, 1.54) is 23.3 Å². The lowest BCUT2D eigenvalue weighted by Gasteiger charge is -2.32. The molecule has 0 aliphatic carbocycles. The number of carboxylic acids is 2. The van der Waals surface area contributed by atoms with Crippen LogP contribution in [0.3, 0.4) is 0 Å². The molecular weight excluding hydrogens is 484 g/mol. The first kappa shape index (κ1) is 26.4. The minimum Gasteiger partial charge on any atom is -0.473 e. The number of rotatable bonds is 4. The molecule has 1 aromatic heterocycles. The Kier molecular flexibility index (Phi) is 8.30. The molecular formula is C27H29F2N3O5. The Balaban J connectivity index is 0.000000480. The normalized spacial score (nSPS) is 17.8. The van der Waals surface area contributed by atoms with Crippen LogP contribution in [0, 0.1) is 0 Å². The maximum Gasteiger partial charge on any atom is 0.414 e. The minimum absolute atomic E-state index is 0.0296. The summed E-state index contributed by atoms with van der Waals surface area (Å²) < 4.78 is 34.7. The molecule has 0 bridgehead atoms. The molecule has 5 rings (SSSR count). The molecule has 10 heteroatoms. The van der Waals surface area contributed by atoms with Gasteiger partial charge in [-0.2, -0.15) is 0 Å². The van der Waals surface area contributed by atoms with Crippen LogP contribution in [0.15, 0.2) is 54.7 Å². The van der Waals surface area contributed by atoms with Crippen LogP contribution in [0.2, 0.25) is 0 Å². The fourth-order valence-corrected chi connectivity index (χ4v) is 4.60. The largest absolute Gasteiger partial charge is 0.473 e. The van der Waals surface area contributed by atoms with E-state index in [2.05, 4.69) is 40.8 Å². The van der Waals surface area contributed by atoms with E-state index >= 15 is 0 Å². The second-order valence-corrected chi connectivity index (χ2v) is 9.18. The Morgan fingerprint density at radius 3 is 2.27 bits per heavy atom. The first-order valence-corrected chi connectivity index (χ1v) is 12.1. The molecule has 8 nitrogen and oxygen atoms in total. The van der Waals surface area contributed by atoms with Gasteiger partial charge in [-0.05, 0) is 37.4 Å². The Hall–Kier alpha value is -3.63. The average Bonchev–Trinajstić information content (AvgIpc) is 3.26. The summed E-state index contributed by atoms with van der Waals surface area (Å²) in [7, 11) is 2.15. The molecule has 1 saturated heterocycles. The van der Waals surface area contributed by atoms with E-state index in [4.69, 9.17) is 29.5 Å². The predicted octanol–water partition coefficient (Wildman–Crippen LogP) is 4.40.